The number of carboxylic acids is 1. The molecule has 3 nitrogen and oxygen atoms in total. The third kappa shape index (κ3) is 3.16. The van der Waals surface area contributed by atoms with Crippen LogP contribution in [0.15, 0.2) is 23.1 Å². The van der Waals surface area contributed by atoms with E-state index in [0.29, 0.717) is 15.7 Å². The molecule has 1 rings (SSSR count). The maximum absolute atomic E-state index is 10.2. The molecule has 1 aromatic rings. The monoisotopic (exact) mass is 218 g/mol. The molecule has 5 heteroatoms. The minimum Gasteiger partial charge on any atom is -0.482 e. The number of hydrogen-bond acceptors (Lipinski definition) is 3. The number of hydrogen-bond donors (Lipinski definition) is 2. The quantitative estimate of drug-likeness (QED) is 0.764. The summed E-state index contributed by atoms with van der Waals surface area (Å²) in [6, 6.07) is 4.77. The predicted molar refractivity (Wildman–Crippen MR) is 51.8 cm³/mol. The van der Waals surface area contributed by atoms with Gasteiger partial charge in [-0.25, -0.2) is 4.79 Å². The van der Waals surface area contributed by atoms with E-state index >= 15 is 0 Å². The van der Waals surface area contributed by atoms with Gasteiger partial charge in [0, 0.05) is 4.90 Å². The second-order valence-corrected chi connectivity index (χ2v) is 3.18. The van der Waals surface area contributed by atoms with Gasteiger partial charge >= 0.3 is 5.97 Å². The van der Waals surface area contributed by atoms with Crippen LogP contribution in [0, 0.1) is 0 Å². The Bertz CT molecular complexity index is 327. The van der Waals surface area contributed by atoms with Crippen molar-refractivity contribution in [2.24, 2.45) is 0 Å². The van der Waals surface area contributed by atoms with E-state index in [1.165, 1.54) is 6.07 Å². The second kappa shape index (κ2) is 4.39. The van der Waals surface area contributed by atoms with Gasteiger partial charge in [-0.05, 0) is 18.2 Å². The fourth-order valence-electron chi connectivity index (χ4n) is 0.722. The van der Waals surface area contributed by atoms with Gasteiger partial charge in [-0.1, -0.05) is 11.6 Å². The van der Waals surface area contributed by atoms with Crippen LogP contribution in [0.25, 0.3) is 0 Å². The molecule has 0 aliphatic rings. The Kier molecular flexibility index (Phi) is 3.45. The van der Waals surface area contributed by atoms with Gasteiger partial charge in [-0.3, -0.25) is 0 Å². The van der Waals surface area contributed by atoms with Crippen LogP contribution in [0.2, 0.25) is 5.02 Å². The maximum Gasteiger partial charge on any atom is 0.341 e. The van der Waals surface area contributed by atoms with Gasteiger partial charge in [0.05, 0.1) is 5.02 Å². The average Bonchev–Trinajstić information content (AvgIpc) is 2.07. The van der Waals surface area contributed by atoms with Crippen molar-refractivity contribution < 1.29 is 14.6 Å². The predicted octanol–water partition coefficient (Wildman–Crippen LogP) is 2.09. The SMILES string of the molecule is O=C(O)COc1ccc(S)c(Cl)c1. The second-order valence-electron chi connectivity index (χ2n) is 2.30. The van der Waals surface area contributed by atoms with E-state index < -0.39 is 5.97 Å². The van der Waals surface area contributed by atoms with Crippen molar-refractivity contribution in [2.45, 2.75) is 4.90 Å². The van der Waals surface area contributed by atoms with Crippen molar-refractivity contribution in [3.8, 4) is 5.75 Å². The fraction of sp³-hybridized carbons (Fsp3) is 0.125. The third-order valence-electron chi connectivity index (χ3n) is 1.28. The number of thiol groups is 1. The van der Waals surface area contributed by atoms with Crippen LogP contribution in [-0.2, 0) is 4.79 Å². The Morgan fingerprint density at radius 2 is 2.31 bits per heavy atom. The summed E-state index contributed by atoms with van der Waals surface area (Å²) in [6.07, 6.45) is 0. The Balaban J connectivity index is 2.68. The molecule has 0 aliphatic carbocycles. The molecule has 0 saturated heterocycles. The van der Waals surface area contributed by atoms with Crippen molar-refractivity contribution in [1.82, 2.24) is 0 Å². The zero-order chi connectivity index (χ0) is 9.84. The Morgan fingerprint density at radius 1 is 1.62 bits per heavy atom. The number of rotatable bonds is 3. The summed E-state index contributed by atoms with van der Waals surface area (Å²) in [5, 5.41) is 8.76. The molecule has 0 heterocycles. The van der Waals surface area contributed by atoms with Crippen LogP contribution in [0.4, 0.5) is 0 Å². The van der Waals surface area contributed by atoms with E-state index in [1.54, 1.807) is 12.1 Å². The van der Waals surface area contributed by atoms with Gasteiger partial charge in [0.15, 0.2) is 6.61 Å². The first-order valence-electron chi connectivity index (χ1n) is 3.42. The Morgan fingerprint density at radius 3 is 2.85 bits per heavy atom. The molecule has 0 aliphatic heterocycles. The molecule has 0 spiro atoms. The standard InChI is InChI=1S/C8H7ClO3S/c9-6-3-5(1-2-7(6)13)12-4-8(10)11/h1-3,13H,4H2,(H,10,11). The lowest BCUT2D eigenvalue weighted by atomic mass is 10.3. The van der Waals surface area contributed by atoms with Gasteiger partial charge in [-0.2, -0.15) is 0 Å². The molecule has 0 saturated carbocycles. The molecule has 0 aromatic heterocycles. The zero-order valence-corrected chi connectivity index (χ0v) is 8.18. The smallest absolute Gasteiger partial charge is 0.341 e. The molecular weight excluding hydrogens is 212 g/mol. The number of benzene rings is 1. The largest absolute Gasteiger partial charge is 0.482 e. The highest BCUT2D eigenvalue weighted by Gasteiger charge is 2.01. The highest BCUT2D eigenvalue weighted by atomic mass is 35.5. The van der Waals surface area contributed by atoms with E-state index in [0.717, 1.165) is 0 Å². The number of ether oxygens (including phenoxy) is 1. The van der Waals surface area contributed by atoms with Crippen LogP contribution < -0.4 is 4.74 Å². The lowest BCUT2D eigenvalue weighted by Gasteiger charge is -2.03. The zero-order valence-electron chi connectivity index (χ0n) is 6.53. The molecule has 13 heavy (non-hydrogen) atoms. The molecule has 0 amide bonds. The van der Waals surface area contributed by atoms with E-state index in [9.17, 15) is 4.79 Å². The third-order valence-corrected chi connectivity index (χ3v) is 2.12. The van der Waals surface area contributed by atoms with Crippen LogP contribution in [0.1, 0.15) is 0 Å². The van der Waals surface area contributed by atoms with Crippen molar-refractivity contribution in [3.63, 3.8) is 0 Å². The Hall–Kier alpha value is -0.870. The summed E-state index contributed by atoms with van der Waals surface area (Å²) in [5.74, 6) is -0.601. The van der Waals surface area contributed by atoms with E-state index in [4.69, 9.17) is 21.4 Å². The first kappa shape index (κ1) is 10.2. The van der Waals surface area contributed by atoms with Gasteiger partial charge in [-0.15, -0.1) is 12.6 Å². The molecule has 1 N–H and O–H groups in total. The highest BCUT2D eigenvalue weighted by Crippen LogP contribution is 2.24. The number of halogens is 1. The van der Waals surface area contributed by atoms with Crippen molar-refractivity contribution >= 4 is 30.2 Å². The summed E-state index contributed by atoms with van der Waals surface area (Å²) < 4.78 is 4.89. The van der Waals surface area contributed by atoms with Crippen LogP contribution >= 0.6 is 24.2 Å². The van der Waals surface area contributed by atoms with Crippen LogP contribution in [0.5, 0.6) is 5.75 Å². The van der Waals surface area contributed by atoms with Crippen LogP contribution in [-0.4, -0.2) is 17.7 Å². The minimum absolute atomic E-state index is 0.373. The fourth-order valence-corrected chi connectivity index (χ4v) is 1.03. The van der Waals surface area contributed by atoms with Crippen molar-refractivity contribution in [1.29, 1.82) is 0 Å². The normalized spacial score (nSPS) is 9.69. The van der Waals surface area contributed by atoms with Gasteiger partial charge in [0.1, 0.15) is 5.75 Å². The van der Waals surface area contributed by atoms with Gasteiger partial charge in [0.25, 0.3) is 0 Å². The summed E-state index contributed by atoms with van der Waals surface area (Å²) in [6.45, 7) is -0.373. The molecule has 0 atom stereocenters. The molecule has 1 aromatic carbocycles. The lowest BCUT2D eigenvalue weighted by Crippen LogP contribution is -2.09. The first-order chi connectivity index (χ1) is 6.09. The van der Waals surface area contributed by atoms with Gasteiger partial charge in [0.2, 0.25) is 0 Å². The lowest BCUT2D eigenvalue weighted by molar-refractivity contribution is -0.139. The summed E-state index contributed by atoms with van der Waals surface area (Å²) in [7, 11) is 0. The average molecular weight is 219 g/mol. The van der Waals surface area contributed by atoms with E-state index in [2.05, 4.69) is 12.6 Å². The molecule has 0 unspecified atom stereocenters. The summed E-state index contributed by atoms with van der Waals surface area (Å²) in [5.41, 5.74) is 0. The number of carbonyl (C=O) groups is 1. The highest BCUT2D eigenvalue weighted by molar-refractivity contribution is 7.80. The van der Waals surface area contributed by atoms with E-state index in [1.807, 2.05) is 0 Å². The number of carboxylic acid groups (broad SMARTS) is 1. The minimum atomic E-state index is -1.02. The summed E-state index contributed by atoms with van der Waals surface area (Å²) >= 11 is 9.78. The van der Waals surface area contributed by atoms with E-state index in [-0.39, 0.29) is 6.61 Å². The molecule has 0 fully saturated rings. The molecule has 70 valence electrons. The molecule has 0 bridgehead atoms. The first-order valence-corrected chi connectivity index (χ1v) is 4.25. The number of aliphatic carboxylic acids is 1. The molecular formula is C8H7ClO3S. The van der Waals surface area contributed by atoms with Crippen molar-refractivity contribution in [2.75, 3.05) is 6.61 Å². The van der Waals surface area contributed by atoms with Crippen molar-refractivity contribution in [3.05, 3.63) is 23.2 Å². The summed E-state index contributed by atoms with van der Waals surface area (Å²) in [4.78, 5) is 10.8. The molecule has 0 radical (unpaired) electrons. The Labute approximate surface area is 85.7 Å². The topological polar surface area (TPSA) is 46.5 Å². The van der Waals surface area contributed by atoms with Gasteiger partial charge < -0.3 is 9.84 Å². The maximum atomic E-state index is 10.2. The van der Waals surface area contributed by atoms with Crippen LogP contribution in [0.3, 0.4) is 0 Å².